The number of aromatic nitrogens is 2. The van der Waals surface area contributed by atoms with Gasteiger partial charge in [0.1, 0.15) is 18.0 Å². The number of hydrogen-bond donors (Lipinski definition) is 3. The molecule has 0 saturated carbocycles. The van der Waals surface area contributed by atoms with Gasteiger partial charge in [0, 0.05) is 12.3 Å². The van der Waals surface area contributed by atoms with Crippen LogP contribution in [0.25, 0.3) is 0 Å². The number of nitrogens with zero attached hydrogens (tertiary/aromatic N) is 1. The molecule has 1 fully saturated rings. The number of carbonyl (C=O) groups excluding carboxylic acids is 1. The lowest BCUT2D eigenvalue weighted by molar-refractivity contribution is -0.151. The first kappa shape index (κ1) is 29.4. The van der Waals surface area contributed by atoms with Gasteiger partial charge in [-0.25, -0.2) is 9.36 Å². The van der Waals surface area contributed by atoms with Gasteiger partial charge in [-0.2, -0.15) is 0 Å². The molecule has 3 rings (SSSR count). The molecule has 1 aliphatic rings. The number of aromatic amines is 1. The molecule has 38 heavy (non-hydrogen) atoms. The Labute approximate surface area is 219 Å². The van der Waals surface area contributed by atoms with Crippen LogP contribution in [0.15, 0.2) is 52.2 Å². The summed E-state index contributed by atoms with van der Waals surface area (Å²) in [5, 5.41) is 11.0. The number of H-pyrrole nitrogens is 1. The van der Waals surface area contributed by atoms with E-state index < -0.39 is 61.3 Å². The Morgan fingerprint density at radius 3 is 2.55 bits per heavy atom. The second-order valence-electron chi connectivity index (χ2n) is 9.18. The molecule has 0 spiro atoms. The Bertz CT molecular complexity index is 1350. The van der Waals surface area contributed by atoms with Crippen LogP contribution in [0, 0.1) is 17.8 Å². The van der Waals surface area contributed by atoms with Crippen LogP contribution in [-0.4, -0.2) is 57.2 Å². The Morgan fingerprint density at radius 1 is 1.26 bits per heavy atom. The van der Waals surface area contributed by atoms with Crippen molar-refractivity contribution in [1.29, 1.82) is 0 Å². The number of nitrogens with two attached hydrogens (primary N) is 1. The fourth-order valence-corrected chi connectivity index (χ4v) is 5.77. The maximum atomic E-state index is 13.8. The second kappa shape index (κ2) is 12.1. The van der Waals surface area contributed by atoms with Crippen molar-refractivity contribution in [3.63, 3.8) is 0 Å². The monoisotopic (exact) mass is 549 g/mol. The molecule has 1 unspecified atom stereocenters. The van der Waals surface area contributed by atoms with E-state index in [4.69, 9.17) is 24.3 Å². The molecule has 1 aromatic carbocycles. The summed E-state index contributed by atoms with van der Waals surface area (Å²) in [5.74, 6) is 4.13. The Balaban J connectivity index is 1.86. The summed E-state index contributed by atoms with van der Waals surface area (Å²) in [6.07, 6.45) is -3.51. The predicted octanol–water partition coefficient (Wildman–Crippen LogP) is 1.39. The van der Waals surface area contributed by atoms with Gasteiger partial charge in [-0.15, -0.1) is 5.92 Å². The van der Waals surface area contributed by atoms with E-state index in [0.717, 1.165) is 10.6 Å². The number of aliphatic hydroxyl groups excluding tert-OH is 1. The smallest absolute Gasteiger partial charge is 0.380 e. The molecular formula is C25H32N3O9P. The van der Waals surface area contributed by atoms with E-state index in [2.05, 4.69) is 16.8 Å². The fourth-order valence-electron chi connectivity index (χ4n) is 3.90. The number of benzene rings is 1. The summed E-state index contributed by atoms with van der Waals surface area (Å²) < 4.78 is 37.3. The SMILES string of the molecule is CC#CC1(N)[C@@H](O)[C@@H](CO[P@@](=O)(C[C@@H](C)C(=O)OC(C)C)Oc2ccccc2)O[C@H]1n1ccc(=O)[nH]c1=O. The highest BCUT2D eigenvalue weighted by molar-refractivity contribution is 7.54. The highest BCUT2D eigenvalue weighted by Crippen LogP contribution is 2.51. The van der Waals surface area contributed by atoms with E-state index in [-0.39, 0.29) is 18.0 Å². The lowest BCUT2D eigenvalue weighted by Crippen LogP contribution is -2.55. The molecule has 12 nitrogen and oxygen atoms in total. The number of ether oxygens (including phenoxy) is 2. The molecule has 2 aromatic rings. The minimum atomic E-state index is -4.02. The van der Waals surface area contributed by atoms with Crippen LogP contribution in [0.2, 0.25) is 0 Å². The van der Waals surface area contributed by atoms with Crippen LogP contribution in [0.1, 0.15) is 33.9 Å². The van der Waals surface area contributed by atoms with Crippen LogP contribution in [-0.2, 0) is 23.4 Å². The lowest BCUT2D eigenvalue weighted by Gasteiger charge is -2.28. The van der Waals surface area contributed by atoms with Crippen LogP contribution >= 0.6 is 7.60 Å². The van der Waals surface area contributed by atoms with E-state index in [1.54, 1.807) is 44.2 Å². The van der Waals surface area contributed by atoms with Gasteiger partial charge in [-0.05, 0) is 32.9 Å². The van der Waals surface area contributed by atoms with E-state index in [9.17, 15) is 24.1 Å². The Kier molecular flexibility index (Phi) is 9.35. The third-order valence-corrected chi connectivity index (χ3v) is 7.70. The van der Waals surface area contributed by atoms with Crippen molar-refractivity contribution in [3.8, 4) is 17.6 Å². The van der Waals surface area contributed by atoms with Crippen molar-refractivity contribution in [2.45, 2.75) is 57.8 Å². The zero-order valence-corrected chi connectivity index (χ0v) is 22.4. The first-order valence-electron chi connectivity index (χ1n) is 11.9. The summed E-state index contributed by atoms with van der Waals surface area (Å²) >= 11 is 0. The van der Waals surface area contributed by atoms with Gasteiger partial charge in [-0.1, -0.05) is 31.0 Å². The summed E-state index contributed by atoms with van der Waals surface area (Å²) in [6.45, 7) is 5.95. The molecular weight excluding hydrogens is 517 g/mol. The van der Waals surface area contributed by atoms with Crippen molar-refractivity contribution in [1.82, 2.24) is 9.55 Å². The van der Waals surface area contributed by atoms with Crippen LogP contribution < -0.4 is 21.5 Å². The molecule has 13 heteroatoms. The Hall–Kier alpha value is -3.20. The average molecular weight is 550 g/mol. The topological polar surface area (TPSA) is 172 Å². The van der Waals surface area contributed by atoms with E-state index in [0.29, 0.717) is 0 Å². The van der Waals surface area contributed by atoms with Gasteiger partial charge >= 0.3 is 19.3 Å². The summed E-state index contributed by atoms with van der Waals surface area (Å²) in [6, 6.07) is 9.36. The maximum Gasteiger partial charge on any atom is 0.380 e. The molecule has 206 valence electrons. The van der Waals surface area contributed by atoms with Crippen molar-refractivity contribution >= 4 is 13.6 Å². The number of aliphatic hydroxyl groups is 1. The first-order valence-corrected chi connectivity index (χ1v) is 13.7. The quantitative estimate of drug-likeness (QED) is 0.223. The molecule has 1 aliphatic heterocycles. The summed E-state index contributed by atoms with van der Waals surface area (Å²) in [5.41, 5.74) is 3.18. The van der Waals surface area contributed by atoms with Gasteiger partial charge in [0.05, 0.1) is 24.8 Å². The predicted molar refractivity (Wildman–Crippen MR) is 137 cm³/mol. The Morgan fingerprint density at radius 2 is 1.95 bits per heavy atom. The third-order valence-electron chi connectivity index (χ3n) is 5.67. The number of para-hydroxylation sites is 1. The second-order valence-corrected chi connectivity index (χ2v) is 11.2. The molecule has 4 N–H and O–H groups in total. The minimum absolute atomic E-state index is 0.246. The van der Waals surface area contributed by atoms with Crippen LogP contribution in [0.5, 0.6) is 5.75 Å². The first-order chi connectivity index (χ1) is 17.9. The number of nitrogens with one attached hydrogen (secondary N) is 1. The lowest BCUT2D eigenvalue weighted by atomic mass is 9.91. The normalized spacial score (nSPS) is 25.2. The molecule has 6 atom stereocenters. The molecule has 0 aliphatic carbocycles. The average Bonchev–Trinajstić information content (AvgIpc) is 3.08. The van der Waals surface area contributed by atoms with Gasteiger partial charge in [0.2, 0.25) is 0 Å². The number of carbonyl (C=O) groups is 1. The highest BCUT2D eigenvalue weighted by Gasteiger charge is 2.55. The zero-order valence-electron chi connectivity index (χ0n) is 21.5. The zero-order chi connectivity index (χ0) is 28.1. The summed E-state index contributed by atoms with van der Waals surface area (Å²) in [7, 11) is -4.02. The molecule has 0 amide bonds. The van der Waals surface area contributed by atoms with Gasteiger partial charge < -0.3 is 24.8 Å². The van der Waals surface area contributed by atoms with Gasteiger partial charge in [0.15, 0.2) is 11.8 Å². The van der Waals surface area contributed by atoms with Crippen molar-refractivity contribution < 1.29 is 33.0 Å². The van der Waals surface area contributed by atoms with Crippen LogP contribution in [0.3, 0.4) is 0 Å². The van der Waals surface area contributed by atoms with Gasteiger partial charge in [0.25, 0.3) is 5.56 Å². The highest BCUT2D eigenvalue weighted by atomic mass is 31.2. The van der Waals surface area contributed by atoms with Crippen molar-refractivity contribution in [2.75, 3.05) is 12.8 Å². The maximum absolute atomic E-state index is 13.8. The van der Waals surface area contributed by atoms with Crippen molar-refractivity contribution in [3.05, 3.63) is 63.4 Å². The number of hydrogen-bond acceptors (Lipinski definition) is 10. The number of esters is 1. The molecule has 1 saturated heterocycles. The van der Waals surface area contributed by atoms with Crippen LogP contribution in [0.4, 0.5) is 0 Å². The third kappa shape index (κ3) is 6.81. The van der Waals surface area contributed by atoms with E-state index >= 15 is 0 Å². The largest absolute Gasteiger partial charge is 0.463 e. The molecule has 0 bridgehead atoms. The molecule has 2 heterocycles. The van der Waals surface area contributed by atoms with Gasteiger partial charge in [-0.3, -0.25) is 23.7 Å². The fraction of sp³-hybridized carbons (Fsp3) is 0.480. The molecule has 1 aromatic heterocycles. The minimum Gasteiger partial charge on any atom is -0.463 e. The van der Waals surface area contributed by atoms with Crippen molar-refractivity contribution in [2.24, 2.45) is 11.7 Å². The molecule has 0 radical (unpaired) electrons. The van der Waals surface area contributed by atoms with E-state index in [1.165, 1.54) is 20.0 Å². The number of rotatable bonds is 10. The summed E-state index contributed by atoms with van der Waals surface area (Å²) in [4.78, 5) is 38.4. The van der Waals surface area contributed by atoms with E-state index in [1.807, 2.05) is 0 Å². The standard InChI is InChI=1S/C25H32N3O9P/c1-5-12-25(26)21(30)19(36-23(25)28-13-11-20(29)27-24(28)32)14-34-38(33,37-18-9-7-6-8-10-18)15-17(4)22(31)35-16(2)3/h6-11,13,16-17,19,21,23,30H,14-15,26H2,1-4H3,(H,27,29,32)/t17-,19-,21+,23-,25?,38+/m1/s1.